The summed E-state index contributed by atoms with van der Waals surface area (Å²) >= 11 is 18.6. The Balaban J connectivity index is 2.11. The summed E-state index contributed by atoms with van der Waals surface area (Å²) in [5, 5.41) is 3.97. The molecule has 7 nitrogen and oxygen atoms in total. The number of hydrogen-bond donors (Lipinski definition) is 1. The minimum Gasteiger partial charge on any atom is -0.352 e. The molecule has 0 heterocycles. The number of hydrogen-bond acceptors (Lipinski definition) is 4. The van der Waals surface area contributed by atoms with Gasteiger partial charge in [0.2, 0.25) is 21.8 Å². The van der Waals surface area contributed by atoms with Crippen LogP contribution >= 0.6 is 34.8 Å². The molecule has 0 spiro atoms. The van der Waals surface area contributed by atoms with E-state index in [1.807, 2.05) is 44.2 Å². The maximum atomic E-state index is 14.2. The highest BCUT2D eigenvalue weighted by atomic mass is 35.5. The fourth-order valence-corrected chi connectivity index (χ4v) is 5.66. The molecule has 0 radical (unpaired) electrons. The highest BCUT2D eigenvalue weighted by Crippen LogP contribution is 2.28. The van der Waals surface area contributed by atoms with Crippen LogP contribution in [0.15, 0.2) is 66.7 Å². The van der Waals surface area contributed by atoms with E-state index in [0.717, 1.165) is 16.1 Å². The van der Waals surface area contributed by atoms with Gasteiger partial charge in [0.15, 0.2) is 0 Å². The van der Waals surface area contributed by atoms with Crippen LogP contribution in [-0.4, -0.2) is 50.0 Å². The lowest BCUT2D eigenvalue weighted by molar-refractivity contribution is -0.140. The van der Waals surface area contributed by atoms with Crippen molar-refractivity contribution in [3.8, 4) is 0 Å². The molecule has 0 aliphatic rings. The van der Waals surface area contributed by atoms with E-state index in [4.69, 9.17) is 34.8 Å². The zero-order valence-electron chi connectivity index (χ0n) is 23.4. The first kappa shape index (κ1) is 32.7. The number of benzene rings is 3. The molecule has 0 aliphatic heterocycles. The van der Waals surface area contributed by atoms with Gasteiger partial charge in [-0.3, -0.25) is 13.9 Å². The molecule has 3 rings (SSSR count). The first-order valence-electron chi connectivity index (χ1n) is 13.1. The first-order valence-corrected chi connectivity index (χ1v) is 16.1. The number of aryl methyl sites for hydroxylation is 1. The topological polar surface area (TPSA) is 86.8 Å². The van der Waals surface area contributed by atoms with Crippen LogP contribution in [0.3, 0.4) is 0 Å². The van der Waals surface area contributed by atoms with E-state index in [-0.39, 0.29) is 30.6 Å². The van der Waals surface area contributed by atoms with Crippen molar-refractivity contribution in [1.29, 1.82) is 0 Å². The average molecular weight is 639 g/mol. The Kier molecular flexibility index (Phi) is 11.5. The summed E-state index contributed by atoms with van der Waals surface area (Å²) in [6, 6.07) is 18.1. The van der Waals surface area contributed by atoms with Gasteiger partial charge in [0.05, 0.1) is 22.0 Å². The van der Waals surface area contributed by atoms with Gasteiger partial charge >= 0.3 is 0 Å². The van der Waals surface area contributed by atoms with Crippen molar-refractivity contribution in [1.82, 2.24) is 10.2 Å². The number of nitrogens with one attached hydrogen (secondary N) is 1. The Hall–Kier alpha value is -2.78. The van der Waals surface area contributed by atoms with Gasteiger partial charge in [-0.05, 0) is 61.2 Å². The van der Waals surface area contributed by atoms with Crippen molar-refractivity contribution in [2.24, 2.45) is 0 Å². The average Bonchev–Trinajstić information content (AvgIpc) is 2.92. The minimum atomic E-state index is -3.91. The lowest BCUT2D eigenvalue weighted by atomic mass is 10.0. The van der Waals surface area contributed by atoms with Crippen molar-refractivity contribution < 1.29 is 18.0 Å². The number of halogens is 3. The summed E-state index contributed by atoms with van der Waals surface area (Å²) in [6.45, 7) is 5.03. The molecular formula is C30H34Cl3N3O4S. The van der Waals surface area contributed by atoms with Crippen molar-refractivity contribution >= 4 is 62.3 Å². The van der Waals surface area contributed by atoms with Gasteiger partial charge in [-0.1, -0.05) is 84.2 Å². The Morgan fingerprint density at radius 2 is 1.61 bits per heavy atom. The number of amides is 2. The fraction of sp³-hybridized carbons (Fsp3) is 0.333. The number of sulfonamides is 1. The molecule has 0 fully saturated rings. The van der Waals surface area contributed by atoms with Gasteiger partial charge in [-0.25, -0.2) is 8.42 Å². The number of rotatable bonds is 12. The maximum Gasteiger partial charge on any atom is 0.244 e. The molecule has 0 bridgehead atoms. The van der Waals surface area contributed by atoms with Crippen molar-refractivity contribution in [3.05, 3.63) is 98.5 Å². The predicted octanol–water partition coefficient (Wildman–Crippen LogP) is 6.28. The van der Waals surface area contributed by atoms with Crippen LogP contribution in [0.1, 0.15) is 37.0 Å². The van der Waals surface area contributed by atoms with Gasteiger partial charge in [-0.2, -0.15) is 0 Å². The molecule has 220 valence electrons. The van der Waals surface area contributed by atoms with Gasteiger partial charge in [0.1, 0.15) is 12.6 Å². The van der Waals surface area contributed by atoms with Crippen LogP contribution in [0, 0.1) is 6.92 Å². The monoisotopic (exact) mass is 637 g/mol. The molecule has 11 heteroatoms. The van der Waals surface area contributed by atoms with Crippen LogP contribution in [0.25, 0.3) is 0 Å². The van der Waals surface area contributed by atoms with E-state index >= 15 is 0 Å². The lowest BCUT2D eigenvalue weighted by Gasteiger charge is -2.34. The minimum absolute atomic E-state index is 0.00667. The molecule has 0 saturated carbocycles. The Morgan fingerprint density at radius 1 is 0.927 bits per heavy atom. The lowest BCUT2D eigenvalue weighted by Crippen LogP contribution is -2.54. The molecule has 0 saturated heterocycles. The van der Waals surface area contributed by atoms with E-state index in [9.17, 15) is 18.0 Å². The quantitative estimate of drug-likeness (QED) is 0.253. The van der Waals surface area contributed by atoms with Crippen LogP contribution in [0.5, 0.6) is 0 Å². The third kappa shape index (κ3) is 9.10. The second-order valence-electron chi connectivity index (χ2n) is 9.99. The normalized spacial score (nSPS) is 12.9. The smallest absolute Gasteiger partial charge is 0.244 e. The van der Waals surface area contributed by atoms with Crippen molar-refractivity contribution in [2.45, 2.75) is 52.2 Å². The second-order valence-corrected chi connectivity index (χ2v) is 13.2. The Morgan fingerprint density at radius 3 is 2.22 bits per heavy atom. The van der Waals surface area contributed by atoms with Crippen LogP contribution in [0.4, 0.5) is 5.69 Å². The summed E-state index contributed by atoms with van der Waals surface area (Å²) < 4.78 is 27.0. The zero-order chi connectivity index (χ0) is 30.3. The molecule has 3 aromatic carbocycles. The summed E-state index contributed by atoms with van der Waals surface area (Å²) in [5.41, 5.74) is 2.38. The zero-order valence-corrected chi connectivity index (χ0v) is 26.5. The molecular weight excluding hydrogens is 605 g/mol. The molecule has 2 amide bonds. The van der Waals surface area contributed by atoms with Gasteiger partial charge in [0, 0.05) is 24.0 Å². The largest absolute Gasteiger partial charge is 0.352 e. The van der Waals surface area contributed by atoms with Crippen LogP contribution in [0.2, 0.25) is 15.1 Å². The van der Waals surface area contributed by atoms with E-state index < -0.39 is 28.5 Å². The van der Waals surface area contributed by atoms with E-state index in [2.05, 4.69) is 5.32 Å². The predicted molar refractivity (Wildman–Crippen MR) is 167 cm³/mol. The molecule has 0 aliphatic carbocycles. The van der Waals surface area contributed by atoms with Crippen molar-refractivity contribution in [3.63, 3.8) is 0 Å². The Labute approximate surface area is 257 Å². The molecule has 41 heavy (non-hydrogen) atoms. The van der Waals surface area contributed by atoms with Gasteiger partial charge in [-0.15, -0.1) is 0 Å². The number of carbonyl (C=O) groups excluding carboxylic acids is 2. The standard InChI is InChI=1S/C30H34Cl3N3O4S/c1-5-21(3)34-30(38)28(16-22-9-7-6-8-10-22)35(18-23-12-14-25(32)26(33)15-23)29(37)19-36(41(4,39)40)27-17-24(31)13-11-20(27)2/h6-15,17,21,28H,5,16,18-19H2,1-4H3,(H,34,38)/t21-,28-/m0/s1. The number of anilines is 1. The molecule has 0 aromatic heterocycles. The van der Waals surface area contributed by atoms with Crippen molar-refractivity contribution in [2.75, 3.05) is 17.1 Å². The highest BCUT2D eigenvalue weighted by molar-refractivity contribution is 7.92. The molecule has 2 atom stereocenters. The van der Waals surface area contributed by atoms with E-state index in [0.29, 0.717) is 32.6 Å². The van der Waals surface area contributed by atoms with E-state index in [1.165, 1.54) is 11.0 Å². The maximum absolute atomic E-state index is 14.2. The summed E-state index contributed by atoms with van der Waals surface area (Å²) in [5.74, 6) is -0.914. The van der Waals surface area contributed by atoms with Crippen LogP contribution < -0.4 is 9.62 Å². The summed E-state index contributed by atoms with van der Waals surface area (Å²) in [6.07, 6.45) is 1.94. The number of nitrogens with zero attached hydrogens (tertiary/aromatic N) is 2. The third-order valence-electron chi connectivity index (χ3n) is 6.73. The number of carbonyl (C=O) groups is 2. The van der Waals surface area contributed by atoms with Gasteiger partial charge in [0.25, 0.3) is 0 Å². The summed E-state index contributed by atoms with van der Waals surface area (Å²) in [4.78, 5) is 29.3. The fourth-order valence-electron chi connectivity index (χ4n) is 4.28. The third-order valence-corrected chi connectivity index (χ3v) is 8.83. The summed E-state index contributed by atoms with van der Waals surface area (Å²) in [7, 11) is -3.91. The SMILES string of the molecule is CC[C@H](C)NC(=O)[C@H](Cc1ccccc1)N(Cc1ccc(Cl)c(Cl)c1)C(=O)CN(c1cc(Cl)ccc1C)S(C)(=O)=O. The second kappa shape index (κ2) is 14.4. The highest BCUT2D eigenvalue weighted by Gasteiger charge is 2.34. The molecule has 0 unspecified atom stereocenters. The van der Waals surface area contributed by atoms with Gasteiger partial charge < -0.3 is 10.2 Å². The first-order chi connectivity index (χ1) is 19.3. The van der Waals surface area contributed by atoms with E-state index in [1.54, 1.807) is 37.3 Å². The molecule has 3 aromatic rings. The Bertz CT molecular complexity index is 1490. The van der Waals surface area contributed by atoms with Crippen LogP contribution in [-0.2, 0) is 32.6 Å². The molecule has 1 N–H and O–H groups in total.